The number of benzene rings is 4. The van der Waals surface area contributed by atoms with Crippen LogP contribution >= 0.6 is 0 Å². The Balaban J connectivity index is 1.64. The predicted molar refractivity (Wildman–Crippen MR) is 176 cm³/mol. The molecule has 4 heteroatoms. The lowest BCUT2D eigenvalue weighted by Gasteiger charge is -2.27. The number of aromatic hydroxyl groups is 1. The van der Waals surface area contributed by atoms with Crippen molar-refractivity contribution in [3.05, 3.63) is 101 Å². The summed E-state index contributed by atoms with van der Waals surface area (Å²) in [4.78, 5) is 9.90. The lowest BCUT2D eigenvalue weighted by Crippen LogP contribution is -2.17. The summed E-state index contributed by atoms with van der Waals surface area (Å²) in [6, 6.07) is 26.7. The Kier molecular flexibility index (Phi) is 7.39. The fraction of sp³-hybridized carbons (Fsp3) is 0.316. The molecule has 216 valence electrons. The highest BCUT2D eigenvalue weighted by Gasteiger charge is 2.25. The van der Waals surface area contributed by atoms with Gasteiger partial charge >= 0.3 is 0 Å². The van der Waals surface area contributed by atoms with Crippen molar-refractivity contribution in [3.63, 3.8) is 0 Å². The monoisotopic (exact) mass is 558 g/mol. The van der Waals surface area contributed by atoms with Crippen molar-refractivity contribution in [3.8, 4) is 28.3 Å². The van der Waals surface area contributed by atoms with Crippen LogP contribution in [0, 0.1) is 0 Å². The number of aliphatic imine (C=N–C) groups is 1. The van der Waals surface area contributed by atoms with Gasteiger partial charge in [-0.05, 0) is 63.3 Å². The zero-order valence-electron chi connectivity index (χ0n) is 26.3. The first-order chi connectivity index (χ1) is 19.6. The molecule has 0 saturated carbocycles. The quantitative estimate of drug-likeness (QED) is 0.223. The molecule has 4 aromatic carbocycles. The smallest absolute Gasteiger partial charge is 0.229 e. The fourth-order valence-electron chi connectivity index (χ4n) is 5.08. The number of hydrogen-bond donors (Lipinski definition) is 1. The van der Waals surface area contributed by atoms with Gasteiger partial charge < -0.3 is 9.52 Å². The molecule has 0 bridgehead atoms. The zero-order valence-corrected chi connectivity index (χ0v) is 26.3. The molecule has 5 aromatic rings. The standard InChI is InChI=1S/C38H42N2O2/c1-36(2,3)26-19-25(34(41)30(21-26)38(7,8)9)23-39-31-18-14-13-17-28(31)35-40-33-29(24-15-11-10-12-16-24)20-27(37(4,5)6)22-32(33)42-35/h10-23,41H,1-9H3. The first-order valence-electron chi connectivity index (χ1n) is 14.6. The lowest BCUT2D eigenvalue weighted by atomic mass is 9.79. The van der Waals surface area contributed by atoms with Gasteiger partial charge in [-0.1, -0.05) is 111 Å². The van der Waals surface area contributed by atoms with Gasteiger partial charge in [-0.2, -0.15) is 0 Å². The summed E-state index contributed by atoms with van der Waals surface area (Å²) in [5.41, 5.74) is 8.85. The van der Waals surface area contributed by atoms with Crippen molar-refractivity contribution in [2.24, 2.45) is 4.99 Å². The van der Waals surface area contributed by atoms with Crippen molar-refractivity contribution >= 4 is 23.0 Å². The zero-order chi connectivity index (χ0) is 30.4. The number of phenolic OH excluding ortho intramolecular Hbond substituents is 1. The van der Waals surface area contributed by atoms with Crippen LogP contribution in [-0.2, 0) is 16.2 Å². The van der Waals surface area contributed by atoms with E-state index in [1.54, 1.807) is 6.21 Å². The molecule has 1 heterocycles. The minimum absolute atomic E-state index is 0.0532. The molecule has 0 saturated heterocycles. The van der Waals surface area contributed by atoms with E-state index in [0.29, 0.717) is 11.5 Å². The summed E-state index contributed by atoms with van der Waals surface area (Å²) in [6.45, 7) is 19.5. The van der Waals surface area contributed by atoms with E-state index in [-0.39, 0.29) is 22.0 Å². The maximum absolute atomic E-state index is 11.3. The molecule has 0 fully saturated rings. The minimum atomic E-state index is -0.216. The molecule has 4 nitrogen and oxygen atoms in total. The Morgan fingerprint density at radius 2 is 1.31 bits per heavy atom. The van der Waals surface area contributed by atoms with Gasteiger partial charge in [0.05, 0.1) is 11.3 Å². The summed E-state index contributed by atoms with van der Waals surface area (Å²) < 4.78 is 6.46. The van der Waals surface area contributed by atoms with E-state index in [9.17, 15) is 5.11 Å². The highest BCUT2D eigenvalue weighted by atomic mass is 16.3. The van der Waals surface area contributed by atoms with Gasteiger partial charge in [-0.15, -0.1) is 0 Å². The fourth-order valence-corrected chi connectivity index (χ4v) is 5.08. The van der Waals surface area contributed by atoms with Gasteiger partial charge in [-0.25, -0.2) is 4.98 Å². The third-order valence-electron chi connectivity index (χ3n) is 7.74. The van der Waals surface area contributed by atoms with Crippen molar-refractivity contribution in [2.75, 3.05) is 0 Å². The number of rotatable bonds is 4. The van der Waals surface area contributed by atoms with E-state index in [0.717, 1.165) is 44.6 Å². The second-order valence-electron chi connectivity index (χ2n) is 14.2. The van der Waals surface area contributed by atoms with E-state index in [4.69, 9.17) is 14.4 Å². The molecule has 42 heavy (non-hydrogen) atoms. The Bertz CT molecular complexity index is 1770. The van der Waals surface area contributed by atoms with Crippen molar-refractivity contribution in [1.82, 2.24) is 4.98 Å². The Morgan fingerprint density at radius 1 is 0.690 bits per heavy atom. The summed E-state index contributed by atoms with van der Waals surface area (Å²) in [7, 11) is 0. The molecule has 0 spiro atoms. The van der Waals surface area contributed by atoms with Crippen LogP contribution in [0.1, 0.15) is 84.6 Å². The van der Waals surface area contributed by atoms with Gasteiger partial charge in [0.25, 0.3) is 0 Å². The average Bonchev–Trinajstić information content (AvgIpc) is 3.35. The maximum atomic E-state index is 11.3. The lowest BCUT2D eigenvalue weighted by molar-refractivity contribution is 0.444. The van der Waals surface area contributed by atoms with Crippen LogP contribution in [-0.4, -0.2) is 16.3 Å². The number of fused-ring (bicyclic) bond motifs is 1. The molecule has 5 rings (SSSR count). The molecule has 1 aromatic heterocycles. The molecule has 0 aliphatic carbocycles. The molecule has 0 aliphatic rings. The van der Waals surface area contributed by atoms with Crippen LogP contribution in [0.3, 0.4) is 0 Å². The number of hydrogen-bond acceptors (Lipinski definition) is 4. The van der Waals surface area contributed by atoms with Crippen LogP contribution in [0.5, 0.6) is 5.75 Å². The predicted octanol–water partition coefficient (Wildman–Crippen LogP) is 10.5. The van der Waals surface area contributed by atoms with Gasteiger partial charge in [-0.3, -0.25) is 4.99 Å². The number of para-hydroxylation sites is 1. The van der Waals surface area contributed by atoms with Crippen LogP contribution in [0.15, 0.2) is 88.3 Å². The summed E-state index contributed by atoms with van der Waals surface area (Å²) in [5.74, 6) is 0.782. The third-order valence-corrected chi connectivity index (χ3v) is 7.74. The summed E-state index contributed by atoms with van der Waals surface area (Å²) in [5, 5.41) is 11.3. The SMILES string of the molecule is CC(C)(C)c1cc(C=Nc2ccccc2-c2nc3c(-c4ccccc4)cc(C(C)(C)C)cc3o2)c(O)c(C(C)(C)C)c1. The second kappa shape index (κ2) is 10.6. The normalized spacial score (nSPS) is 12.9. The van der Waals surface area contributed by atoms with Crippen molar-refractivity contribution in [1.29, 1.82) is 0 Å². The highest BCUT2D eigenvalue weighted by molar-refractivity contribution is 5.94. The van der Waals surface area contributed by atoms with Crippen LogP contribution in [0.25, 0.3) is 33.7 Å². The minimum Gasteiger partial charge on any atom is -0.507 e. The van der Waals surface area contributed by atoms with Crippen molar-refractivity contribution < 1.29 is 9.52 Å². The molecular formula is C38H42N2O2. The Morgan fingerprint density at radius 3 is 1.95 bits per heavy atom. The number of phenols is 1. The Hall–Kier alpha value is -4.18. The molecule has 0 unspecified atom stereocenters. The summed E-state index contributed by atoms with van der Waals surface area (Å²) in [6.07, 6.45) is 1.76. The van der Waals surface area contributed by atoms with Gasteiger partial charge in [0.2, 0.25) is 5.89 Å². The van der Waals surface area contributed by atoms with E-state index < -0.39 is 0 Å². The number of nitrogens with zero attached hydrogens (tertiary/aromatic N) is 2. The van der Waals surface area contributed by atoms with Gasteiger partial charge in [0, 0.05) is 22.9 Å². The average molecular weight is 559 g/mol. The first kappa shape index (κ1) is 29.3. The molecule has 0 aliphatic heterocycles. The van der Waals surface area contributed by atoms with Gasteiger partial charge in [0.15, 0.2) is 5.58 Å². The number of aromatic nitrogens is 1. The molecule has 1 N–H and O–H groups in total. The first-order valence-corrected chi connectivity index (χ1v) is 14.6. The molecule has 0 radical (unpaired) electrons. The van der Waals surface area contributed by atoms with Gasteiger partial charge in [0.1, 0.15) is 11.3 Å². The van der Waals surface area contributed by atoms with E-state index in [2.05, 4.69) is 92.6 Å². The second-order valence-corrected chi connectivity index (χ2v) is 14.2. The molecule has 0 amide bonds. The van der Waals surface area contributed by atoms with Crippen LogP contribution in [0.2, 0.25) is 0 Å². The van der Waals surface area contributed by atoms with E-state index >= 15 is 0 Å². The largest absolute Gasteiger partial charge is 0.507 e. The molecule has 0 atom stereocenters. The van der Waals surface area contributed by atoms with E-state index in [1.807, 2.05) is 48.5 Å². The number of oxazole rings is 1. The summed E-state index contributed by atoms with van der Waals surface area (Å²) >= 11 is 0. The van der Waals surface area contributed by atoms with E-state index in [1.165, 1.54) is 5.56 Å². The maximum Gasteiger partial charge on any atom is 0.229 e. The topological polar surface area (TPSA) is 58.6 Å². The van der Waals surface area contributed by atoms with Crippen LogP contribution < -0.4 is 0 Å². The highest BCUT2D eigenvalue weighted by Crippen LogP contribution is 2.40. The Labute approximate surface area is 250 Å². The molecular weight excluding hydrogens is 516 g/mol. The van der Waals surface area contributed by atoms with Crippen LogP contribution in [0.4, 0.5) is 5.69 Å². The van der Waals surface area contributed by atoms with Crippen molar-refractivity contribution in [2.45, 2.75) is 78.6 Å². The third kappa shape index (κ3) is 5.90.